The first-order valence-corrected chi connectivity index (χ1v) is 9.06. The minimum absolute atomic E-state index is 0.139. The highest BCUT2D eigenvalue weighted by molar-refractivity contribution is 9.09. The quantitative estimate of drug-likeness (QED) is 0.436. The molecule has 4 nitrogen and oxygen atoms in total. The molecule has 1 rings (SSSR count). The van der Waals surface area contributed by atoms with Gasteiger partial charge in [-0.25, -0.2) is 13.2 Å². The van der Waals surface area contributed by atoms with Gasteiger partial charge in [0.2, 0.25) is 0 Å². The zero-order valence-corrected chi connectivity index (χ0v) is 14.6. The molecule has 0 saturated heterocycles. The Morgan fingerprint density at radius 1 is 1.29 bits per heavy atom. The van der Waals surface area contributed by atoms with Crippen LogP contribution in [0.2, 0.25) is 0 Å². The number of allylic oxidation sites excluding steroid dienone is 1. The first-order valence-electron chi connectivity index (χ1n) is 6.50. The predicted molar refractivity (Wildman–Crippen MR) is 86.2 cm³/mol. The number of hydrogen-bond acceptors (Lipinski definition) is 4. The average molecular weight is 375 g/mol. The lowest BCUT2D eigenvalue weighted by atomic mass is 10.3. The van der Waals surface area contributed by atoms with Gasteiger partial charge in [0, 0.05) is 6.08 Å². The van der Waals surface area contributed by atoms with E-state index in [2.05, 4.69) is 15.9 Å². The van der Waals surface area contributed by atoms with E-state index in [0.717, 1.165) is 5.57 Å². The Morgan fingerprint density at radius 3 is 2.38 bits per heavy atom. The van der Waals surface area contributed by atoms with E-state index < -0.39 is 26.7 Å². The molecule has 0 aromatic heterocycles. The van der Waals surface area contributed by atoms with Gasteiger partial charge in [0.25, 0.3) is 0 Å². The molecule has 0 unspecified atom stereocenters. The number of sulfone groups is 1. The molecule has 0 heterocycles. The number of alkyl halides is 1. The van der Waals surface area contributed by atoms with Crippen molar-refractivity contribution in [3.63, 3.8) is 0 Å². The van der Waals surface area contributed by atoms with Gasteiger partial charge in [-0.3, -0.25) is 0 Å². The molecule has 0 fully saturated rings. The Morgan fingerprint density at radius 2 is 1.86 bits per heavy atom. The lowest BCUT2D eigenvalue weighted by molar-refractivity contribution is -0.141. The fraction of sp³-hybridized carbons (Fsp3) is 0.400. The van der Waals surface area contributed by atoms with Crippen LogP contribution in [-0.2, 0) is 19.4 Å². The van der Waals surface area contributed by atoms with Crippen molar-refractivity contribution in [1.29, 1.82) is 0 Å². The molecule has 1 aromatic rings. The van der Waals surface area contributed by atoms with Crippen molar-refractivity contribution < 1.29 is 17.9 Å². The van der Waals surface area contributed by atoms with Crippen molar-refractivity contribution in [2.24, 2.45) is 0 Å². The van der Waals surface area contributed by atoms with Crippen molar-refractivity contribution >= 4 is 31.7 Å². The van der Waals surface area contributed by atoms with Crippen molar-refractivity contribution in [1.82, 2.24) is 0 Å². The third-order valence-electron chi connectivity index (χ3n) is 2.70. The molecule has 116 valence electrons. The lowest BCUT2D eigenvalue weighted by Gasteiger charge is -2.18. The second-order valence-corrected chi connectivity index (χ2v) is 8.18. The monoisotopic (exact) mass is 374 g/mol. The summed E-state index contributed by atoms with van der Waals surface area (Å²) in [5.74, 6) is -0.607. The molecule has 0 N–H and O–H groups in total. The molecule has 0 aliphatic carbocycles. The fourth-order valence-corrected chi connectivity index (χ4v) is 4.20. The maximum absolute atomic E-state index is 12.2. The molecule has 0 radical (unpaired) electrons. The van der Waals surface area contributed by atoms with Crippen LogP contribution in [0.3, 0.4) is 0 Å². The van der Waals surface area contributed by atoms with Crippen LogP contribution >= 0.6 is 15.9 Å². The molecule has 0 aliphatic rings. The van der Waals surface area contributed by atoms with Gasteiger partial charge in [-0.05, 0) is 32.9 Å². The van der Waals surface area contributed by atoms with E-state index in [1.165, 1.54) is 6.08 Å². The van der Waals surface area contributed by atoms with E-state index >= 15 is 0 Å². The molecule has 0 spiro atoms. The number of carbonyl (C=O) groups is 1. The minimum Gasteiger partial charge on any atom is -0.458 e. The van der Waals surface area contributed by atoms with Crippen LogP contribution < -0.4 is 0 Å². The molecule has 0 amide bonds. The molecule has 0 saturated carbocycles. The van der Waals surface area contributed by atoms with E-state index in [1.54, 1.807) is 51.1 Å². The molecular weight excluding hydrogens is 356 g/mol. The van der Waals surface area contributed by atoms with Gasteiger partial charge in [0.1, 0.15) is 6.10 Å². The standard InChI is InChI=1S/C15H19BrO4S/c1-11(2)9-15(17)20-12(3)14(16)10-21(18,19)13-7-5-4-6-8-13/h4-9,12,14H,10H2,1-3H3/t12-,14-/m1/s1. The Labute approximate surface area is 134 Å². The van der Waals surface area contributed by atoms with Gasteiger partial charge in [-0.2, -0.15) is 0 Å². The maximum atomic E-state index is 12.2. The third kappa shape index (κ3) is 6.01. The van der Waals surface area contributed by atoms with Crippen molar-refractivity contribution in [2.45, 2.75) is 36.6 Å². The molecule has 0 bridgehead atoms. The Bertz CT molecular complexity index is 604. The van der Waals surface area contributed by atoms with Crippen molar-refractivity contribution in [3.8, 4) is 0 Å². The number of ether oxygens (including phenoxy) is 1. The summed E-state index contributed by atoms with van der Waals surface area (Å²) in [5.41, 5.74) is 0.829. The van der Waals surface area contributed by atoms with E-state index in [9.17, 15) is 13.2 Å². The van der Waals surface area contributed by atoms with Crippen molar-refractivity contribution in [2.75, 3.05) is 5.75 Å². The molecule has 2 atom stereocenters. The van der Waals surface area contributed by atoms with Crippen LogP contribution in [0.15, 0.2) is 46.9 Å². The summed E-state index contributed by atoms with van der Waals surface area (Å²) in [5, 5.41) is 0. The Hall–Kier alpha value is -1.14. The Balaban J connectivity index is 2.70. The summed E-state index contributed by atoms with van der Waals surface area (Å²) in [4.78, 5) is 11.3. The highest BCUT2D eigenvalue weighted by atomic mass is 79.9. The zero-order valence-electron chi connectivity index (χ0n) is 12.2. The molecule has 0 aliphatic heterocycles. The van der Waals surface area contributed by atoms with E-state index in [-0.39, 0.29) is 10.6 Å². The summed E-state index contributed by atoms with van der Waals surface area (Å²) < 4.78 is 29.6. The predicted octanol–water partition coefficient (Wildman–Crippen LogP) is 3.12. The maximum Gasteiger partial charge on any atom is 0.330 e. The van der Waals surface area contributed by atoms with E-state index in [4.69, 9.17) is 4.74 Å². The molecule has 6 heteroatoms. The number of rotatable bonds is 6. The summed E-state index contributed by atoms with van der Waals surface area (Å²) in [7, 11) is -3.42. The average Bonchev–Trinajstić information content (AvgIpc) is 2.38. The first-order chi connectivity index (χ1) is 9.72. The number of carbonyl (C=O) groups excluding carboxylic acids is 1. The van der Waals surface area contributed by atoms with Crippen LogP contribution in [0.25, 0.3) is 0 Å². The number of hydrogen-bond donors (Lipinski definition) is 0. The van der Waals surface area contributed by atoms with Crippen molar-refractivity contribution in [3.05, 3.63) is 42.0 Å². The Kier molecular flexibility index (Phi) is 6.61. The zero-order chi connectivity index (χ0) is 16.0. The second kappa shape index (κ2) is 7.75. The molecular formula is C15H19BrO4S. The largest absolute Gasteiger partial charge is 0.458 e. The minimum atomic E-state index is -3.42. The van der Waals surface area contributed by atoms with Crippen LogP contribution in [0, 0.1) is 0 Å². The van der Waals surface area contributed by atoms with Gasteiger partial charge in [0.05, 0.1) is 15.5 Å². The number of esters is 1. The number of benzene rings is 1. The summed E-state index contributed by atoms with van der Waals surface area (Å²) in [6.07, 6.45) is 0.827. The SMILES string of the molecule is CC(C)=CC(=O)O[C@H](C)[C@H](Br)CS(=O)(=O)c1ccccc1. The van der Waals surface area contributed by atoms with Crippen LogP contribution in [0.4, 0.5) is 0 Å². The smallest absolute Gasteiger partial charge is 0.330 e. The summed E-state index contributed by atoms with van der Waals surface area (Å²) in [6, 6.07) is 8.21. The van der Waals surface area contributed by atoms with Gasteiger partial charge in [-0.15, -0.1) is 0 Å². The number of halogens is 1. The normalized spacial score (nSPS) is 14.1. The lowest BCUT2D eigenvalue weighted by Crippen LogP contribution is -2.30. The second-order valence-electron chi connectivity index (χ2n) is 4.97. The van der Waals surface area contributed by atoms with Crippen LogP contribution in [-0.4, -0.2) is 31.1 Å². The van der Waals surface area contributed by atoms with Crippen LogP contribution in [0.1, 0.15) is 20.8 Å². The van der Waals surface area contributed by atoms with Crippen LogP contribution in [0.5, 0.6) is 0 Å². The van der Waals surface area contributed by atoms with Gasteiger partial charge < -0.3 is 4.74 Å². The van der Waals surface area contributed by atoms with E-state index in [1.807, 2.05) is 0 Å². The topological polar surface area (TPSA) is 60.4 Å². The van der Waals surface area contributed by atoms with Gasteiger partial charge in [-0.1, -0.05) is 39.7 Å². The highest BCUT2D eigenvalue weighted by Gasteiger charge is 2.25. The summed E-state index contributed by atoms with van der Waals surface area (Å²) in [6.45, 7) is 5.24. The highest BCUT2D eigenvalue weighted by Crippen LogP contribution is 2.18. The third-order valence-corrected chi connectivity index (χ3v) is 5.98. The molecule has 1 aromatic carbocycles. The van der Waals surface area contributed by atoms with Gasteiger partial charge in [0.15, 0.2) is 9.84 Å². The molecule has 21 heavy (non-hydrogen) atoms. The fourth-order valence-electron chi connectivity index (χ4n) is 1.60. The van der Waals surface area contributed by atoms with Gasteiger partial charge >= 0.3 is 5.97 Å². The summed E-state index contributed by atoms with van der Waals surface area (Å²) >= 11 is 3.29. The first kappa shape index (κ1) is 17.9. The van der Waals surface area contributed by atoms with E-state index in [0.29, 0.717) is 0 Å².